The van der Waals surface area contributed by atoms with E-state index in [4.69, 9.17) is 9.47 Å². The lowest BCUT2D eigenvalue weighted by molar-refractivity contribution is -0.0972. The van der Waals surface area contributed by atoms with Gasteiger partial charge >= 0.3 is 0 Å². The Balaban J connectivity index is 0.00000320. The van der Waals surface area contributed by atoms with E-state index in [0.717, 1.165) is 12.8 Å². The van der Waals surface area contributed by atoms with Gasteiger partial charge in [0.05, 0.1) is 7.11 Å². The maximum absolute atomic E-state index is 14.9. The highest BCUT2D eigenvalue weighted by Gasteiger charge is 2.43. The number of hydrogen-bond donors (Lipinski definition) is 0. The number of halogens is 5. The van der Waals surface area contributed by atoms with Gasteiger partial charge in [0.25, 0.3) is 5.92 Å². The quantitative estimate of drug-likeness (QED) is 0.434. The highest BCUT2D eigenvalue weighted by atomic mass is 19.3. The zero-order valence-corrected chi connectivity index (χ0v) is 17.8. The molecule has 2 fully saturated rings. The fourth-order valence-corrected chi connectivity index (χ4v) is 5.25. The third-order valence-corrected chi connectivity index (χ3v) is 6.95. The van der Waals surface area contributed by atoms with E-state index >= 15 is 0 Å². The second kappa shape index (κ2) is 10.8. The molecule has 7 heteroatoms. The SMILES string of the molecule is COCC1CCC(C(F)(F)CC2CCC(c3cc(F)c(OC)c(F)c3)CC2)CC1.F. The van der Waals surface area contributed by atoms with Crippen LogP contribution in [-0.4, -0.2) is 26.7 Å². The van der Waals surface area contributed by atoms with E-state index in [0.29, 0.717) is 56.6 Å². The molecule has 0 unspecified atom stereocenters. The van der Waals surface area contributed by atoms with Crippen LogP contribution in [0.4, 0.5) is 22.3 Å². The zero-order valence-electron chi connectivity index (χ0n) is 17.8. The number of hydrogen-bond acceptors (Lipinski definition) is 2. The summed E-state index contributed by atoms with van der Waals surface area (Å²) in [5, 5.41) is 0. The molecule has 0 spiro atoms. The van der Waals surface area contributed by atoms with Gasteiger partial charge in [0.2, 0.25) is 0 Å². The number of rotatable bonds is 7. The van der Waals surface area contributed by atoms with E-state index in [-0.39, 0.29) is 28.7 Å². The summed E-state index contributed by atoms with van der Waals surface area (Å²) in [4.78, 5) is 0. The molecule has 0 saturated heterocycles. The van der Waals surface area contributed by atoms with E-state index in [1.807, 2.05) is 0 Å². The lowest BCUT2D eigenvalue weighted by Crippen LogP contribution is -2.35. The summed E-state index contributed by atoms with van der Waals surface area (Å²) >= 11 is 0. The first-order chi connectivity index (χ1) is 13.8. The summed E-state index contributed by atoms with van der Waals surface area (Å²) in [6.07, 6.45) is 5.43. The first-order valence-electron chi connectivity index (χ1n) is 10.7. The molecule has 30 heavy (non-hydrogen) atoms. The molecular weight excluding hydrogens is 403 g/mol. The Bertz CT molecular complexity index is 643. The fraction of sp³-hybridized carbons (Fsp3) is 0.739. The summed E-state index contributed by atoms with van der Waals surface area (Å²) in [6.45, 7) is 0.662. The van der Waals surface area contributed by atoms with Crippen molar-refractivity contribution in [1.29, 1.82) is 0 Å². The summed E-state index contributed by atoms with van der Waals surface area (Å²) < 4.78 is 67.6. The van der Waals surface area contributed by atoms with Gasteiger partial charge in [0.1, 0.15) is 0 Å². The minimum atomic E-state index is -2.63. The molecule has 0 aliphatic heterocycles. The van der Waals surface area contributed by atoms with Crippen LogP contribution in [0.5, 0.6) is 5.75 Å². The molecule has 2 aliphatic carbocycles. The first-order valence-corrected chi connectivity index (χ1v) is 10.7. The minimum absolute atomic E-state index is 0. The van der Waals surface area contributed by atoms with Crippen LogP contribution >= 0.6 is 0 Å². The molecule has 2 aliphatic rings. The van der Waals surface area contributed by atoms with Crippen LogP contribution in [-0.2, 0) is 4.74 Å². The highest BCUT2D eigenvalue weighted by molar-refractivity contribution is 5.33. The van der Waals surface area contributed by atoms with E-state index in [1.54, 1.807) is 7.11 Å². The Morgan fingerprint density at radius 2 is 1.40 bits per heavy atom. The average molecular weight is 437 g/mol. The maximum Gasteiger partial charge on any atom is 0.251 e. The lowest BCUT2D eigenvalue weighted by Gasteiger charge is -2.37. The monoisotopic (exact) mass is 436 g/mol. The Labute approximate surface area is 175 Å². The molecule has 0 amide bonds. The van der Waals surface area contributed by atoms with E-state index in [9.17, 15) is 17.6 Å². The predicted octanol–water partition coefficient (Wildman–Crippen LogP) is 6.88. The maximum atomic E-state index is 14.9. The molecule has 0 heterocycles. The molecule has 0 aromatic heterocycles. The second-order valence-electron chi connectivity index (χ2n) is 8.87. The molecule has 0 bridgehead atoms. The Morgan fingerprint density at radius 1 is 0.867 bits per heavy atom. The van der Waals surface area contributed by atoms with Gasteiger partial charge in [-0.15, -0.1) is 0 Å². The van der Waals surface area contributed by atoms with Gasteiger partial charge in [0, 0.05) is 26.1 Å². The molecule has 1 aromatic carbocycles. The van der Waals surface area contributed by atoms with Crippen molar-refractivity contribution in [3.8, 4) is 5.75 Å². The Kier molecular flexibility index (Phi) is 8.95. The van der Waals surface area contributed by atoms with Gasteiger partial charge in [-0.25, -0.2) is 17.6 Å². The first kappa shape index (κ1) is 24.9. The number of ether oxygens (including phenoxy) is 2. The second-order valence-corrected chi connectivity index (χ2v) is 8.87. The Hall–Kier alpha value is -1.37. The van der Waals surface area contributed by atoms with Crippen molar-refractivity contribution >= 4 is 0 Å². The van der Waals surface area contributed by atoms with Gasteiger partial charge in [-0.3, -0.25) is 4.70 Å². The van der Waals surface area contributed by atoms with Crippen molar-refractivity contribution in [2.45, 2.75) is 69.6 Å². The van der Waals surface area contributed by atoms with Crippen molar-refractivity contribution < 1.29 is 31.7 Å². The van der Waals surface area contributed by atoms with Gasteiger partial charge < -0.3 is 9.47 Å². The molecular formula is C23H33F5O2. The number of alkyl halides is 2. The lowest BCUT2D eigenvalue weighted by atomic mass is 9.73. The molecule has 172 valence electrons. The molecule has 2 saturated carbocycles. The number of methoxy groups -OCH3 is 2. The fourth-order valence-electron chi connectivity index (χ4n) is 5.25. The molecule has 0 radical (unpaired) electrons. The van der Waals surface area contributed by atoms with Crippen LogP contribution in [0.25, 0.3) is 0 Å². The van der Waals surface area contributed by atoms with Crippen molar-refractivity contribution in [3.63, 3.8) is 0 Å². The van der Waals surface area contributed by atoms with Crippen molar-refractivity contribution in [3.05, 3.63) is 29.3 Å². The van der Waals surface area contributed by atoms with Gasteiger partial charge in [0.15, 0.2) is 17.4 Å². The largest absolute Gasteiger partial charge is 0.491 e. The van der Waals surface area contributed by atoms with Crippen LogP contribution < -0.4 is 4.74 Å². The molecule has 2 nitrogen and oxygen atoms in total. The summed E-state index contributed by atoms with van der Waals surface area (Å²) in [7, 11) is 2.89. The van der Waals surface area contributed by atoms with Crippen LogP contribution in [0.15, 0.2) is 12.1 Å². The predicted molar refractivity (Wildman–Crippen MR) is 107 cm³/mol. The third-order valence-electron chi connectivity index (χ3n) is 6.95. The van der Waals surface area contributed by atoms with E-state index in [2.05, 4.69) is 0 Å². The van der Waals surface area contributed by atoms with Crippen molar-refractivity contribution in [2.75, 3.05) is 20.8 Å². The topological polar surface area (TPSA) is 18.5 Å². The molecule has 0 N–H and O–H groups in total. The Morgan fingerprint density at radius 3 is 1.90 bits per heavy atom. The molecule has 1 aromatic rings. The summed E-state index contributed by atoms with van der Waals surface area (Å²) in [5.74, 6) is -4.55. The highest BCUT2D eigenvalue weighted by Crippen LogP contribution is 2.46. The van der Waals surface area contributed by atoms with Gasteiger partial charge in [-0.2, -0.15) is 0 Å². The van der Waals surface area contributed by atoms with Crippen LogP contribution in [0.3, 0.4) is 0 Å². The van der Waals surface area contributed by atoms with E-state index in [1.165, 1.54) is 19.2 Å². The minimum Gasteiger partial charge on any atom is -0.491 e. The third kappa shape index (κ3) is 5.86. The smallest absolute Gasteiger partial charge is 0.251 e. The van der Waals surface area contributed by atoms with Crippen molar-refractivity contribution in [2.24, 2.45) is 17.8 Å². The van der Waals surface area contributed by atoms with E-state index < -0.39 is 23.5 Å². The van der Waals surface area contributed by atoms with Crippen molar-refractivity contribution in [1.82, 2.24) is 0 Å². The summed E-state index contributed by atoms with van der Waals surface area (Å²) in [5.41, 5.74) is 0.600. The molecule has 3 rings (SSSR count). The van der Waals surface area contributed by atoms with Gasteiger partial charge in [-0.05, 0) is 86.8 Å². The summed E-state index contributed by atoms with van der Waals surface area (Å²) in [6, 6.07) is 2.64. The standard InChI is InChI=1S/C23H32F4O2.FH/c1-28-14-16-5-9-19(10-6-16)23(26,27)13-15-3-7-17(8-4-15)18-11-20(24)22(29-2)21(25)12-18;/h11-12,15-17,19H,3-10,13-14H2,1-2H3;1H. The van der Waals surface area contributed by atoms with Crippen LogP contribution in [0.1, 0.15) is 69.3 Å². The van der Waals surface area contributed by atoms with Crippen LogP contribution in [0.2, 0.25) is 0 Å². The molecule has 0 atom stereocenters. The van der Waals surface area contributed by atoms with Gasteiger partial charge in [-0.1, -0.05) is 0 Å². The normalized spacial score (nSPS) is 27.4. The zero-order chi connectivity index (χ0) is 21.0. The average Bonchev–Trinajstić information content (AvgIpc) is 2.69. The van der Waals surface area contributed by atoms with Crippen LogP contribution in [0, 0.1) is 29.4 Å². The number of benzene rings is 1.